The Morgan fingerprint density at radius 3 is 2.24 bits per heavy atom. The van der Waals surface area contributed by atoms with E-state index in [0.29, 0.717) is 17.7 Å². The molecule has 5 heteroatoms. The van der Waals surface area contributed by atoms with Crippen LogP contribution >= 0.6 is 0 Å². The lowest BCUT2D eigenvalue weighted by molar-refractivity contribution is 0.141. The van der Waals surface area contributed by atoms with E-state index >= 15 is 0 Å². The van der Waals surface area contributed by atoms with E-state index in [1.165, 1.54) is 6.26 Å². The van der Waals surface area contributed by atoms with Crippen molar-refractivity contribution in [2.24, 2.45) is 5.73 Å². The van der Waals surface area contributed by atoms with Gasteiger partial charge in [-0.15, -0.1) is 0 Å². The topological polar surface area (TPSA) is 80.4 Å². The maximum atomic E-state index is 11.2. The van der Waals surface area contributed by atoms with E-state index in [1.54, 1.807) is 31.2 Å². The highest BCUT2D eigenvalue weighted by Gasteiger charge is 2.10. The summed E-state index contributed by atoms with van der Waals surface area (Å²) in [6.45, 7) is 1.76. The first-order chi connectivity index (χ1) is 7.80. The number of hydrogen-bond donors (Lipinski definition) is 2. The van der Waals surface area contributed by atoms with Crippen molar-refractivity contribution in [2.75, 3.05) is 6.26 Å². The molecule has 2 unspecified atom stereocenters. The fourth-order valence-corrected chi connectivity index (χ4v) is 2.11. The van der Waals surface area contributed by atoms with Crippen molar-refractivity contribution >= 4 is 9.84 Å². The third kappa shape index (κ3) is 4.46. The van der Waals surface area contributed by atoms with Crippen LogP contribution in [0.5, 0.6) is 0 Å². The molecule has 2 atom stereocenters. The Bertz CT molecular complexity index is 451. The second kappa shape index (κ2) is 5.62. The van der Waals surface area contributed by atoms with Crippen LogP contribution in [0.25, 0.3) is 0 Å². The number of sulfone groups is 1. The van der Waals surface area contributed by atoms with Gasteiger partial charge in [-0.2, -0.15) is 0 Å². The minimum atomic E-state index is -3.13. The normalized spacial score (nSPS) is 15.5. The van der Waals surface area contributed by atoms with Crippen LogP contribution in [0.2, 0.25) is 0 Å². The predicted molar refractivity (Wildman–Crippen MR) is 67.5 cm³/mol. The van der Waals surface area contributed by atoms with Crippen LogP contribution in [0.4, 0.5) is 0 Å². The summed E-state index contributed by atoms with van der Waals surface area (Å²) in [5.41, 5.74) is 6.55. The highest BCUT2D eigenvalue weighted by Crippen LogP contribution is 2.12. The van der Waals surface area contributed by atoms with Gasteiger partial charge < -0.3 is 10.8 Å². The third-order valence-electron chi connectivity index (χ3n) is 2.69. The van der Waals surface area contributed by atoms with E-state index in [-0.39, 0.29) is 6.04 Å². The van der Waals surface area contributed by atoms with Crippen molar-refractivity contribution in [3.8, 4) is 0 Å². The van der Waals surface area contributed by atoms with Gasteiger partial charge in [0.15, 0.2) is 9.84 Å². The zero-order valence-corrected chi connectivity index (χ0v) is 10.9. The monoisotopic (exact) mass is 257 g/mol. The van der Waals surface area contributed by atoms with E-state index < -0.39 is 15.9 Å². The van der Waals surface area contributed by atoms with Gasteiger partial charge in [0.1, 0.15) is 0 Å². The van der Waals surface area contributed by atoms with Gasteiger partial charge in [0, 0.05) is 12.3 Å². The van der Waals surface area contributed by atoms with E-state index in [9.17, 15) is 13.5 Å². The number of nitrogens with two attached hydrogens (primary N) is 1. The molecule has 0 amide bonds. The molecule has 0 spiro atoms. The molecule has 1 aromatic rings. The fourth-order valence-electron chi connectivity index (χ4n) is 1.48. The van der Waals surface area contributed by atoms with E-state index in [2.05, 4.69) is 0 Å². The van der Waals surface area contributed by atoms with Crippen molar-refractivity contribution in [2.45, 2.75) is 36.8 Å². The number of aliphatic hydroxyl groups excluding tert-OH is 1. The lowest BCUT2D eigenvalue weighted by atomic mass is 10.0. The SMILES string of the molecule is CC(N)C(O)CCc1ccc(S(C)(=O)=O)cc1. The number of rotatable bonds is 5. The van der Waals surface area contributed by atoms with Crippen molar-refractivity contribution < 1.29 is 13.5 Å². The van der Waals surface area contributed by atoms with E-state index in [4.69, 9.17) is 5.73 Å². The van der Waals surface area contributed by atoms with Crippen LogP contribution in [0.15, 0.2) is 29.2 Å². The first-order valence-electron chi connectivity index (χ1n) is 5.53. The highest BCUT2D eigenvalue weighted by molar-refractivity contribution is 7.90. The van der Waals surface area contributed by atoms with Crippen molar-refractivity contribution in [1.82, 2.24) is 0 Å². The molecule has 1 aromatic carbocycles. The molecule has 0 radical (unpaired) electrons. The van der Waals surface area contributed by atoms with Gasteiger partial charge in [0.05, 0.1) is 11.0 Å². The molecular formula is C12H19NO3S. The second-order valence-electron chi connectivity index (χ2n) is 4.38. The van der Waals surface area contributed by atoms with E-state index in [1.807, 2.05) is 0 Å². The Balaban J connectivity index is 2.64. The molecule has 1 rings (SSSR count). The van der Waals surface area contributed by atoms with Gasteiger partial charge >= 0.3 is 0 Å². The Morgan fingerprint density at radius 2 is 1.82 bits per heavy atom. The van der Waals surface area contributed by atoms with Gasteiger partial charge in [-0.05, 0) is 37.5 Å². The van der Waals surface area contributed by atoms with Crippen LogP contribution in [-0.4, -0.2) is 31.9 Å². The second-order valence-corrected chi connectivity index (χ2v) is 6.40. The third-order valence-corrected chi connectivity index (χ3v) is 3.82. The lowest BCUT2D eigenvalue weighted by Crippen LogP contribution is -2.31. The molecule has 3 N–H and O–H groups in total. The molecule has 0 aromatic heterocycles. The summed E-state index contributed by atoms with van der Waals surface area (Å²) >= 11 is 0. The minimum Gasteiger partial charge on any atom is -0.392 e. The van der Waals surface area contributed by atoms with Crippen LogP contribution < -0.4 is 5.73 Å². The van der Waals surface area contributed by atoms with Crippen LogP contribution in [0.3, 0.4) is 0 Å². The van der Waals surface area contributed by atoms with Crippen LogP contribution in [-0.2, 0) is 16.3 Å². The molecule has 0 saturated heterocycles. The maximum Gasteiger partial charge on any atom is 0.175 e. The van der Waals surface area contributed by atoms with Crippen LogP contribution in [0.1, 0.15) is 18.9 Å². The van der Waals surface area contributed by atoms with E-state index in [0.717, 1.165) is 5.56 Å². The molecule has 0 aliphatic carbocycles. The number of hydrogen-bond acceptors (Lipinski definition) is 4. The molecule has 0 fully saturated rings. The van der Waals surface area contributed by atoms with Gasteiger partial charge in [0.2, 0.25) is 0 Å². The minimum absolute atomic E-state index is 0.245. The summed E-state index contributed by atoms with van der Waals surface area (Å²) < 4.78 is 22.5. The summed E-state index contributed by atoms with van der Waals surface area (Å²) in [4.78, 5) is 0.314. The summed E-state index contributed by atoms with van der Waals surface area (Å²) in [6, 6.07) is 6.46. The summed E-state index contributed by atoms with van der Waals surface area (Å²) in [7, 11) is -3.13. The van der Waals surface area contributed by atoms with Gasteiger partial charge in [0.25, 0.3) is 0 Å². The Morgan fingerprint density at radius 1 is 1.29 bits per heavy atom. The van der Waals surface area contributed by atoms with Gasteiger partial charge in [-0.1, -0.05) is 12.1 Å². The molecule has 0 heterocycles. The molecule has 4 nitrogen and oxygen atoms in total. The predicted octanol–water partition coefficient (Wildman–Crippen LogP) is 0.731. The number of aliphatic hydroxyl groups is 1. The van der Waals surface area contributed by atoms with Gasteiger partial charge in [-0.25, -0.2) is 8.42 Å². The smallest absolute Gasteiger partial charge is 0.175 e. The maximum absolute atomic E-state index is 11.2. The average Bonchev–Trinajstić information content (AvgIpc) is 2.25. The largest absolute Gasteiger partial charge is 0.392 e. The standard InChI is InChI=1S/C12H19NO3S/c1-9(13)12(14)8-5-10-3-6-11(7-4-10)17(2,15)16/h3-4,6-7,9,12,14H,5,8,13H2,1-2H3. The molecule has 0 aliphatic heterocycles. The molecule has 0 bridgehead atoms. The Labute approximate surface area is 102 Å². The van der Waals surface area contributed by atoms with Crippen molar-refractivity contribution in [3.05, 3.63) is 29.8 Å². The molecule has 96 valence electrons. The van der Waals surface area contributed by atoms with Crippen LogP contribution in [0, 0.1) is 0 Å². The Kier molecular flexibility index (Phi) is 4.68. The van der Waals surface area contributed by atoms with Crippen molar-refractivity contribution in [1.29, 1.82) is 0 Å². The average molecular weight is 257 g/mol. The molecule has 0 saturated carbocycles. The first kappa shape index (κ1) is 14.2. The number of benzene rings is 1. The summed E-state index contributed by atoms with van der Waals surface area (Å²) in [5.74, 6) is 0. The molecule has 17 heavy (non-hydrogen) atoms. The summed E-state index contributed by atoms with van der Waals surface area (Å²) in [6.07, 6.45) is 1.93. The number of aryl methyl sites for hydroxylation is 1. The van der Waals surface area contributed by atoms with Crippen molar-refractivity contribution in [3.63, 3.8) is 0 Å². The molecular weight excluding hydrogens is 238 g/mol. The highest BCUT2D eigenvalue weighted by atomic mass is 32.2. The fraction of sp³-hybridized carbons (Fsp3) is 0.500. The zero-order chi connectivity index (χ0) is 13.1. The molecule has 0 aliphatic rings. The Hall–Kier alpha value is -0.910. The zero-order valence-electron chi connectivity index (χ0n) is 10.1. The lowest BCUT2D eigenvalue weighted by Gasteiger charge is -2.14. The first-order valence-corrected chi connectivity index (χ1v) is 7.42. The van der Waals surface area contributed by atoms with Gasteiger partial charge in [-0.3, -0.25) is 0 Å². The summed E-state index contributed by atoms with van der Waals surface area (Å²) in [5, 5.41) is 9.55. The quantitative estimate of drug-likeness (QED) is 0.815.